The minimum Gasteiger partial charge on any atom is -0.370 e. The second kappa shape index (κ2) is 6.89. The molecule has 0 spiro atoms. The first-order valence-electron chi connectivity index (χ1n) is 6.55. The van der Waals surface area contributed by atoms with Crippen molar-refractivity contribution in [1.29, 1.82) is 0 Å². The molecule has 1 atom stereocenters. The lowest BCUT2D eigenvalue weighted by atomic mass is 10.0. The molecule has 5 heteroatoms. The topological polar surface area (TPSA) is 55.6 Å². The molecule has 0 radical (unpaired) electrons. The van der Waals surface area contributed by atoms with E-state index in [1.807, 2.05) is 29.2 Å². The molecular formula is C14H19ClN2O2. The maximum Gasteiger partial charge on any atom is 0.249 e. The number of ether oxygens (including phenoxy) is 1. The van der Waals surface area contributed by atoms with Gasteiger partial charge in [-0.1, -0.05) is 23.7 Å². The van der Waals surface area contributed by atoms with Crippen LogP contribution in [0, 0.1) is 0 Å². The number of amides is 1. The van der Waals surface area contributed by atoms with Crippen LogP contribution in [0.1, 0.15) is 24.4 Å². The number of hydrogen-bond donors (Lipinski definition) is 1. The minimum atomic E-state index is 0.0240. The third-order valence-corrected chi connectivity index (χ3v) is 3.53. The lowest BCUT2D eigenvalue weighted by molar-refractivity contribution is -0.137. The average Bonchev–Trinajstić information content (AvgIpc) is 2.88. The standard InChI is InChI=1S/C14H19ClN2O2/c15-12-4-1-3-11(9-12)13-5-2-7-17(13)14(18)10-19-8-6-16/h1,3-4,9,13H,2,5-8,10,16H2. The van der Waals surface area contributed by atoms with E-state index in [-0.39, 0.29) is 18.6 Å². The van der Waals surface area contributed by atoms with E-state index < -0.39 is 0 Å². The van der Waals surface area contributed by atoms with E-state index in [4.69, 9.17) is 22.1 Å². The smallest absolute Gasteiger partial charge is 0.249 e. The minimum absolute atomic E-state index is 0.0240. The van der Waals surface area contributed by atoms with Crippen LogP contribution in [0.15, 0.2) is 24.3 Å². The van der Waals surface area contributed by atoms with Gasteiger partial charge in [0.25, 0.3) is 0 Å². The molecule has 4 nitrogen and oxygen atoms in total. The lowest BCUT2D eigenvalue weighted by Gasteiger charge is -2.25. The molecule has 1 unspecified atom stereocenters. The predicted octanol–water partition coefficient (Wildman–Crippen LogP) is 1.98. The Morgan fingerprint density at radius 1 is 1.53 bits per heavy atom. The number of nitrogens with two attached hydrogens (primary N) is 1. The van der Waals surface area contributed by atoms with Crippen LogP contribution in [0.2, 0.25) is 5.02 Å². The van der Waals surface area contributed by atoms with Gasteiger partial charge in [0, 0.05) is 18.1 Å². The summed E-state index contributed by atoms with van der Waals surface area (Å²) in [5, 5.41) is 0.705. The van der Waals surface area contributed by atoms with Gasteiger partial charge in [0.1, 0.15) is 6.61 Å². The van der Waals surface area contributed by atoms with E-state index in [1.54, 1.807) is 0 Å². The van der Waals surface area contributed by atoms with E-state index in [0.717, 1.165) is 24.9 Å². The molecule has 1 amide bonds. The fourth-order valence-corrected chi connectivity index (χ4v) is 2.65. The average molecular weight is 283 g/mol. The van der Waals surface area contributed by atoms with Gasteiger partial charge in [0.15, 0.2) is 0 Å². The summed E-state index contributed by atoms with van der Waals surface area (Å²) < 4.78 is 5.22. The Balaban J connectivity index is 2.02. The summed E-state index contributed by atoms with van der Waals surface area (Å²) in [5.41, 5.74) is 6.43. The molecule has 0 saturated carbocycles. The highest BCUT2D eigenvalue weighted by atomic mass is 35.5. The molecule has 19 heavy (non-hydrogen) atoms. The van der Waals surface area contributed by atoms with Crippen molar-refractivity contribution in [3.05, 3.63) is 34.9 Å². The largest absolute Gasteiger partial charge is 0.370 e. The number of nitrogens with zero attached hydrogens (tertiary/aromatic N) is 1. The SMILES string of the molecule is NCCOCC(=O)N1CCCC1c1cccc(Cl)c1. The molecule has 1 aromatic carbocycles. The van der Waals surface area contributed by atoms with Crippen molar-refractivity contribution in [2.75, 3.05) is 26.3 Å². The Kier molecular flexibility index (Phi) is 5.19. The number of carbonyl (C=O) groups is 1. The van der Waals surface area contributed by atoms with Crippen molar-refractivity contribution in [2.24, 2.45) is 5.73 Å². The molecule has 0 aliphatic carbocycles. The number of hydrogen-bond acceptors (Lipinski definition) is 3. The maximum atomic E-state index is 12.1. The molecule has 1 aromatic rings. The Bertz CT molecular complexity index is 439. The van der Waals surface area contributed by atoms with Crippen LogP contribution in [0.5, 0.6) is 0 Å². The summed E-state index contributed by atoms with van der Waals surface area (Å²) in [5.74, 6) is 0.0240. The summed E-state index contributed by atoms with van der Waals surface area (Å²) >= 11 is 6.01. The molecule has 104 valence electrons. The molecule has 2 rings (SSSR count). The molecule has 0 aromatic heterocycles. The Labute approximate surface area is 118 Å². The zero-order chi connectivity index (χ0) is 13.7. The van der Waals surface area contributed by atoms with Crippen LogP contribution in [0.3, 0.4) is 0 Å². The third kappa shape index (κ3) is 3.69. The van der Waals surface area contributed by atoms with Crippen molar-refractivity contribution in [2.45, 2.75) is 18.9 Å². The van der Waals surface area contributed by atoms with E-state index in [1.165, 1.54) is 0 Å². The molecule has 1 fully saturated rings. The highest BCUT2D eigenvalue weighted by Crippen LogP contribution is 2.32. The van der Waals surface area contributed by atoms with Gasteiger partial charge < -0.3 is 15.4 Å². The molecule has 1 saturated heterocycles. The molecule has 1 aliphatic heterocycles. The zero-order valence-electron chi connectivity index (χ0n) is 10.8. The van der Waals surface area contributed by atoms with Gasteiger partial charge in [-0.15, -0.1) is 0 Å². The van der Waals surface area contributed by atoms with E-state index in [2.05, 4.69) is 0 Å². The fraction of sp³-hybridized carbons (Fsp3) is 0.500. The highest BCUT2D eigenvalue weighted by Gasteiger charge is 2.29. The van der Waals surface area contributed by atoms with Gasteiger partial charge >= 0.3 is 0 Å². The fourth-order valence-electron chi connectivity index (χ4n) is 2.45. The molecule has 2 N–H and O–H groups in total. The van der Waals surface area contributed by atoms with Crippen LogP contribution < -0.4 is 5.73 Å². The van der Waals surface area contributed by atoms with Gasteiger partial charge in [0.2, 0.25) is 5.91 Å². The molecule has 1 aliphatic rings. The Morgan fingerprint density at radius 3 is 3.11 bits per heavy atom. The Hall–Kier alpha value is -1.10. The van der Waals surface area contributed by atoms with Crippen molar-refractivity contribution in [1.82, 2.24) is 4.90 Å². The third-order valence-electron chi connectivity index (χ3n) is 3.29. The van der Waals surface area contributed by atoms with Gasteiger partial charge in [-0.2, -0.15) is 0 Å². The van der Waals surface area contributed by atoms with Crippen molar-refractivity contribution in [3.8, 4) is 0 Å². The second-order valence-electron chi connectivity index (χ2n) is 4.64. The van der Waals surface area contributed by atoms with E-state index >= 15 is 0 Å². The Morgan fingerprint density at radius 2 is 2.37 bits per heavy atom. The normalized spacial score (nSPS) is 18.8. The molecule has 0 bridgehead atoms. The predicted molar refractivity (Wildman–Crippen MR) is 75.0 cm³/mol. The van der Waals surface area contributed by atoms with Crippen LogP contribution in [-0.4, -0.2) is 37.1 Å². The van der Waals surface area contributed by atoms with Gasteiger partial charge in [-0.05, 0) is 30.5 Å². The summed E-state index contributed by atoms with van der Waals surface area (Å²) in [6.07, 6.45) is 1.99. The molecular weight excluding hydrogens is 264 g/mol. The van der Waals surface area contributed by atoms with Crippen molar-refractivity contribution < 1.29 is 9.53 Å². The van der Waals surface area contributed by atoms with Crippen molar-refractivity contribution in [3.63, 3.8) is 0 Å². The first kappa shape index (κ1) is 14.3. The van der Waals surface area contributed by atoms with Crippen molar-refractivity contribution >= 4 is 17.5 Å². The van der Waals surface area contributed by atoms with Gasteiger partial charge in [-0.25, -0.2) is 0 Å². The molecule has 1 heterocycles. The summed E-state index contributed by atoms with van der Waals surface area (Å²) in [4.78, 5) is 14.0. The van der Waals surface area contributed by atoms with Crippen LogP contribution in [0.25, 0.3) is 0 Å². The number of likely N-dealkylation sites (tertiary alicyclic amines) is 1. The summed E-state index contributed by atoms with van der Waals surface area (Å²) in [6.45, 7) is 1.74. The monoisotopic (exact) mass is 282 g/mol. The number of benzene rings is 1. The van der Waals surface area contributed by atoms with Gasteiger partial charge in [-0.3, -0.25) is 4.79 Å². The van der Waals surface area contributed by atoms with E-state index in [0.29, 0.717) is 18.2 Å². The van der Waals surface area contributed by atoms with Crippen LogP contribution in [-0.2, 0) is 9.53 Å². The lowest BCUT2D eigenvalue weighted by Crippen LogP contribution is -2.34. The number of halogens is 1. The van der Waals surface area contributed by atoms with Crippen LogP contribution in [0.4, 0.5) is 0 Å². The first-order valence-corrected chi connectivity index (χ1v) is 6.93. The quantitative estimate of drug-likeness (QED) is 0.840. The second-order valence-corrected chi connectivity index (χ2v) is 5.08. The summed E-state index contributed by atoms with van der Waals surface area (Å²) in [6, 6.07) is 7.83. The van der Waals surface area contributed by atoms with E-state index in [9.17, 15) is 4.79 Å². The highest BCUT2D eigenvalue weighted by molar-refractivity contribution is 6.30. The first-order chi connectivity index (χ1) is 9.22. The summed E-state index contributed by atoms with van der Waals surface area (Å²) in [7, 11) is 0. The number of carbonyl (C=O) groups excluding carboxylic acids is 1. The van der Waals surface area contributed by atoms with Gasteiger partial charge in [0.05, 0.1) is 12.6 Å². The zero-order valence-corrected chi connectivity index (χ0v) is 11.6. The maximum absolute atomic E-state index is 12.1. The number of rotatable bonds is 5. The van der Waals surface area contributed by atoms with Crippen LogP contribution >= 0.6 is 11.6 Å².